The summed E-state index contributed by atoms with van der Waals surface area (Å²) in [7, 11) is 0. The lowest BCUT2D eigenvalue weighted by Gasteiger charge is -2.09. The first-order valence-corrected chi connectivity index (χ1v) is 4.66. The Bertz CT molecular complexity index is 139. The molecule has 2 N–H and O–H groups in total. The van der Waals surface area contributed by atoms with Gasteiger partial charge in [0.05, 0.1) is 6.61 Å². The van der Waals surface area contributed by atoms with Crippen molar-refractivity contribution in [2.24, 2.45) is 5.92 Å². The summed E-state index contributed by atoms with van der Waals surface area (Å²) in [5.74, 6) is 0.102. The van der Waals surface area contributed by atoms with Crippen LogP contribution in [0.3, 0.4) is 0 Å². The van der Waals surface area contributed by atoms with Crippen molar-refractivity contribution in [3.8, 4) is 0 Å². The van der Waals surface area contributed by atoms with Crippen LogP contribution in [0.5, 0.6) is 0 Å². The van der Waals surface area contributed by atoms with E-state index in [2.05, 4.69) is 5.32 Å². The Morgan fingerprint density at radius 1 is 1.62 bits per heavy atom. The van der Waals surface area contributed by atoms with Crippen molar-refractivity contribution in [3.05, 3.63) is 0 Å². The van der Waals surface area contributed by atoms with Crippen molar-refractivity contribution in [1.82, 2.24) is 5.32 Å². The van der Waals surface area contributed by atoms with Crippen LogP contribution in [-0.2, 0) is 9.53 Å². The first-order valence-electron chi connectivity index (χ1n) is 4.66. The SMILES string of the molecule is CCOCCC(=O)NCC(C)CO. The molecule has 78 valence electrons. The van der Waals surface area contributed by atoms with E-state index in [0.29, 0.717) is 26.2 Å². The minimum absolute atomic E-state index is 0.0197. The summed E-state index contributed by atoms with van der Waals surface area (Å²) >= 11 is 0. The Hall–Kier alpha value is -0.610. The molecule has 0 spiro atoms. The summed E-state index contributed by atoms with van der Waals surface area (Å²) < 4.78 is 5.03. The quantitative estimate of drug-likeness (QED) is 0.561. The van der Waals surface area contributed by atoms with Gasteiger partial charge in [-0.2, -0.15) is 0 Å². The van der Waals surface area contributed by atoms with E-state index in [4.69, 9.17) is 9.84 Å². The van der Waals surface area contributed by atoms with Gasteiger partial charge in [0.1, 0.15) is 0 Å². The minimum atomic E-state index is -0.0197. The predicted molar refractivity (Wildman–Crippen MR) is 50.4 cm³/mol. The molecule has 4 nitrogen and oxygen atoms in total. The number of aliphatic hydroxyl groups is 1. The lowest BCUT2D eigenvalue weighted by molar-refractivity contribution is -0.122. The van der Waals surface area contributed by atoms with Crippen molar-refractivity contribution < 1.29 is 14.6 Å². The maximum Gasteiger partial charge on any atom is 0.222 e. The van der Waals surface area contributed by atoms with Crippen LogP contribution in [0.25, 0.3) is 0 Å². The molecule has 0 bridgehead atoms. The van der Waals surface area contributed by atoms with Gasteiger partial charge in [-0.1, -0.05) is 6.92 Å². The second-order valence-electron chi connectivity index (χ2n) is 3.04. The van der Waals surface area contributed by atoms with E-state index in [1.807, 2.05) is 13.8 Å². The highest BCUT2D eigenvalue weighted by molar-refractivity contribution is 5.75. The molecular weight excluding hydrogens is 170 g/mol. The van der Waals surface area contributed by atoms with Crippen LogP contribution >= 0.6 is 0 Å². The number of rotatable bonds is 7. The number of hydrogen-bond donors (Lipinski definition) is 2. The smallest absolute Gasteiger partial charge is 0.222 e. The molecular formula is C9H19NO3. The number of amides is 1. The standard InChI is InChI=1S/C9H19NO3/c1-3-13-5-4-9(12)10-6-8(2)7-11/h8,11H,3-7H2,1-2H3,(H,10,12). The zero-order valence-corrected chi connectivity index (χ0v) is 8.38. The number of nitrogens with one attached hydrogen (secondary N) is 1. The van der Waals surface area contributed by atoms with Gasteiger partial charge in [-0.3, -0.25) is 4.79 Å². The number of hydrogen-bond acceptors (Lipinski definition) is 3. The Labute approximate surface area is 79.3 Å². The summed E-state index contributed by atoms with van der Waals surface area (Å²) in [5, 5.41) is 11.4. The van der Waals surface area contributed by atoms with Gasteiger partial charge in [0, 0.05) is 26.2 Å². The van der Waals surface area contributed by atoms with Crippen LogP contribution < -0.4 is 5.32 Å². The third-order valence-electron chi connectivity index (χ3n) is 1.64. The van der Waals surface area contributed by atoms with Crippen molar-refractivity contribution in [1.29, 1.82) is 0 Å². The van der Waals surface area contributed by atoms with Crippen molar-refractivity contribution in [2.75, 3.05) is 26.4 Å². The molecule has 1 amide bonds. The normalized spacial score (nSPS) is 12.5. The number of aliphatic hydroxyl groups excluding tert-OH is 1. The monoisotopic (exact) mass is 189 g/mol. The number of carbonyl (C=O) groups excluding carboxylic acids is 1. The molecule has 0 aromatic carbocycles. The summed E-state index contributed by atoms with van der Waals surface area (Å²) in [6.07, 6.45) is 0.395. The molecule has 0 aromatic heterocycles. The number of ether oxygens (including phenoxy) is 1. The lowest BCUT2D eigenvalue weighted by Crippen LogP contribution is -2.30. The van der Waals surface area contributed by atoms with Gasteiger partial charge >= 0.3 is 0 Å². The Kier molecular flexibility index (Phi) is 7.63. The van der Waals surface area contributed by atoms with Gasteiger partial charge < -0.3 is 15.2 Å². The lowest BCUT2D eigenvalue weighted by atomic mass is 10.2. The predicted octanol–water partition coefficient (Wildman–Crippen LogP) is 0.158. The van der Waals surface area contributed by atoms with Crippen LogP contribution in [0.15, 0.2) is 0 Å². The first kappa shape index (κ1) is 12.4. The molecule has 4 heteroatoms. The maximum atomic E-state index is 11.1. The van der Waals surface area contributed by atoms with Gasteiger partial charge in [-0.25, -0.2) is 0 Å². The fourth-order valence-electron chi connectivity index (χ4n) is 0.750. The zero-order chi connectivity index (χ0) is 10.1. The summed E-state index contributed by atoms with van der Waals surface area (Å²) in [6.45, 7) is 5.51. The average molecular weight is 189 g/mol. The molecule has 1 unspecified atom stereocenters. The Morgan fingerprint density at radius 3 is 2.85 bits per heavy atom. The highest BCUT2D eigenvalue weighted by Gasteiger charge is 2.03. The largest absolute Gasteiger partial charge is 0.396 e. The molecule has 0 aliphatic rings. The Morgan fingerprint density at radius 2 is 2.31 bits per heavy atom. The molecule has 0 aliphatic heterocycles. The molecule has 0 radical (unpaired) electrons. The topological polar surface area (TPSA) is 58.6 Å². The van der Waals surface area contributed by atoms with E-state index >= 15 is 0 Å². The van der Waals surface area contributed by atoms with Gasteiger partial charge in [-0.15, -0.1) is 0 Å². The van der Waals surface area contributed by atoms with Gasteiger partial charge in [0.15, 0.2) is 0 Å². The van der Waals surface area contributed by atoms with Crippen LogP contribution in [-0.4, -0.2) is 37.4 Å². The van der Waals surface area contributed by atoms with Crippen LogP contribution in [0.2, 0.25) is 0 Å². The Balaban J connectivity index is 3.30. The number of carbonyl (C=O) groups is 1. The summed E-state index contributed by atoms with van der Waals surface area (Å²) in [6, 6.07) is 0. The molecule has 0 saturated carbocycles. The fourth-order valence-corrected chi connectivity index (χ4v) is 0.750. The molecule has 1 atom stereocenters. The maximum absolute atomic E-state index is 11.1. The van der Waals surface area contributed by atoms with Crippen molar-refractivity contribution >= 4 is 5.91 Å². The molecule has 13 heavy (non-hydrogen) atoms. The molecule has 0 aromatic rings. The molecule has 0 fully saturated rings. The van der Waals surface area contributed by atoms with Crippen molar-refractivity contribution in [3.63, 3.8) is 0 Å². The molecule has 0 heterocycles. The van der Waals surface area contributed by atoms with Crippen molar-refractivity contribution in [2.45, 2.75) is 20.3 Å². The van der Waals surface area contributed by atoms with E-state index in [0.717, 1.165) is 0 Å². The third kappa shape index (κ3) is 7.74. The molecule has 0 saturated heterocycles. The molecule has 0 aliphatic carbocycles. The van der Waals surface area contributed by atoms with Gasteiger partial charge in [0.2, 0.25) is 5.91 Å². The van der Waals surface area contributed by atoms with Gasteiger partial charge in [-0.05, 0) is 12.8 Å². The van der Waals surface area contributed by atoms with E-state index in [1.165, 1.54) is 0 Å². The minimum Gasteiger partial charge on any atom is -0.396 e. The first-order chi connectivity index (χ1) is 6.20. The molecule has 0 rings (SSSR count). The van der Waals surface area contributed by atoms with Crippen LogP contribution in [0.1, 0.15) is 20.3 Å². The van der Waals surface area contributed by atoms with E-state index in [-0.39, 0.29) is 18.4 Å². The van der Waals surface area contributed by atoms with E-state index in [1.54, 1.807) is 0 Å². The summed E-state index contributed by atoms with van der Waals surface area (Å²) in [4.78, 5) is 11.1. The highest BCUT2D eigenvalue weighted by atomic mass is 16.5. The fraction of sp³-hybridized carbons (Fsp3) is 0.889. The van der Waals surface area contributed by atoms with E-state index < -0.39 is 0 Å². The second-order valence-corrected chi connectivity index (χ2v) is 3.04. The third-order valence-corrected chi connectivity index (χ3v) is 1.64. The van der Waals surface area contributed by atoms with E-state index in [9.17, 15) is 4.79 Å². The zero-order valence-electron chi connectivity index (χ0n) is 8.38. The summed E-state index contributed by atoms with van der Waals surface area (Å²) in [5.41, 5.74) is 0. The van der Waals surface area contributed by atoms with Crippen LogP contribution in [0.4, 0.5) is 0 Å². The van der Waals surface area contributed by atoms with Gasteiger partial charge in [0.25, 0.3) is 0 Å². The second kappa shape index (κ2) is 8.01. The average Bonchev–Trinajstić information content (AvgIpc) is 2.14. The van der Waals surface area contributed by atoms with Crippen LogP contribution in [0, 0.1) is 5.92 Å². The highest BCUT2D eigenvalue weighted by Crippen LogP contribution is 1.90.